The first-order valence-corrected chi connectivity index (χ1v) is 6.23. The number of carbonyl (C=O) groups excluding carboxylic acids is 1. The third kappa shape index (κ3) is 2.68. The molecule has 1 atom stereocenters. The monoisotopic (exact) mass is 232 g/mol. The molecule has 0 heterocycles. The highest BCUT2D eigenvalue weighted by Gasteiger charge is 2.22. The van der Waals surface area contributed by atoms with Crippen molar-refractivity contribution in [3.05, 3.63) is 34.9 Å². The summed E-state index contributed by atoms with van der Waals surface area (Å²) in [6, 6.07) is 5.95. The predicted molar refractivity (Wildman–Crippen MR) is 68.3 cm³/mol. The van der Waals surface area contributed by atoms with Gasteiger partial charge in [-0.05, 0) is 62.8 Å². The van der Waals surface area contributed by atoms with Crippen molar-refractivity contribution in [1.29, 1.82) is 0 Å². The van der Waals surface area contributed by atoms with E-state index in [4.69, 9.17) is 4.74 Å². The summed E-state index contributed by atoms with van der Waals surface area (Å²) < 4.78 is 5.38. The summed E-state index contributed by atoms with van der Waals surface area (Å²) in [4.78, 5) is 11.9. The van der Waals surface area contributed by atoms with Crippen LogP contribution in [0.15, 0.2) is 18.2 Å². The van der Waals surface area contributed by atoms with E-state index in [1.807, 2.05) is 32.9 Å². The van der Waals surface area contributed by atoms with Crippen LogP contribution in [0.3, 0.4) is 0 Å². The van der Waals surface area contributed by atoms with Crippen molar-refractivity contribution in [2.24, 2.45) is 0 Å². The van der Waals surface area contributed by atoms with E-state index in [-0.39, 0.29) is 5.97 Å². The van der Waals surface area contributed by atoms with Crippen LogP contribution in [0.5, 0.6) is 0 Å². The van der Waals surface area contributed by atoms with Crippen LogP contribution >= 0.6 is 0 Å². The van der Waals surface area contributed by atoms with Crippen LogP contribution in [0.2, 0.25) is 0 Å². The summed E-state index contributed by atoms with van der Waals surface area (Å²) in [5.74, 6) is 0.340. The number of esters is 1. The highest BCUT2D eigenvalue weighted by atomic mass is 16.6. The molecule has 2 heteroatoms. The molecule has 0 radical (unpaired) electrons. The molecular weight excluding hydrogens is 212 g/mol. The Balaban J connectivity index is 2.23. The Labute approximate surface area is 103 Å². The largest absolute Gasteiger partial charge is 0.456 e. The molecule has 2 rings (SSSR count). The highest BCUT2D eigenvalue weighted by molar-refractivity contribution is 5.90. The topological polar surface area (TPSA) is 26.3 Å². The Morgan fingerprint density at radius 1 is 1.35 bits per heavy atom. The van der Waals surface area contributed by atoms with Crippen LogP contribution in [0.4, 0.5) is 0 Å². The number of aryl methyl sites for hydroxylation is 1. The predicted octanol–water partition coefficient (Wildman–Crippen LogP) is 3.69. The second-order valence-corrected chi connectivity index (χ2v) is 5.86. The van der Waals surface area contributed by atoms with Crippen molar-refractivity contribution in [2.45, 2.75) is 52.1 Å². The van der Waals surface area contributed by atoms with Crippen LogP contribution in [-0.4, -0.2) is 11.6 Å². The summed E-state index contributed by atoms with van der Waals surface area (Å²) in [7, 11) is 0. The van der Waals surface area contributed by atoms with Crippen molar-refractivity contribution in [1.82, 2.24) is 0 Å². The van der Waals surface area contributed by atoms with Gasteiger partial charge in [-0.1, -0.05) is 13.0 Å². The summed E-state index contributed by atoms with van der Waals surface area (Å²) in [5.41, 5.74) is 2.94. The van der Waals surface area contributed by atoms with Gasteiger partial charge in [0.05, 0.1) is 5.56 Å². The number of benzene rings is 1. The molecule has 0 spiro atoms. The smallest absolute Gasteiger partial charge is 0.338 e. The van der Waals surface area contributed by atoms with Gasteiger partial charge in [0.1, 0.15) is 5.60 Å². The Morgan fingerprint density at radius 3 is 2.71 bits per heavy atom. The molecule has 1 aliphatic rings. The average molecular weight is 232 g/mol. The quantitative estimate of drug-likeness (QED) is 0.690. The summed E-state index contributed by atoms with van der Waals surface area (Å²) in [5, 5.41) is 0. The van der Waals surface area contributed by atoms with Gasteiger partial charge in [0.2, 0.25) is 0 Å². The minimum atomic E-state index is -0.429. The molecule has 0 bridgehead atoms. The van der Waals surface area contributed by atoms with E-state index in [0.29, 0.717) is 11.5 Å². The van der Waals surface area contributed by atoms with Crippen LogP contribution in [0, 0.1) is 0 Å². The van der Waals surface area contributed by atoms with Gasteiger partial charge in [-0.2, -0.15) is 0 Å². The lowest BCUT2D eigenvalue weighted by molar-refractivity contribution is 0.00694. The fourth-order valence-electron chi connectivity index (χ4n) is 2.27. The molecule has 1 aliphatic carbocycles. The standard InChI is InChI=1S/C15H20O2/c1-10-5-6-11-7-8-12(9-13(10)11)14(16)17-15(2,3)4/h7-10H,5-6H2,1-4H3. The molecule has 0 amide bonds. The van der Waals surface area contributed by atoms with E-state index in [2.05, 4.69) is 13.0 Å². The van der Waals surface area contributed by atoms with Crippen molar-refractivity contribution in [2.75, 3.05) is 0 Å². The first-order chi connectivity index (χ1) is 7.87. The zero-order chi connectivity index (χ0) is 12.6. The number of hydrogen-bond acceptors (Lipinski definition) is 2. The van der Waals surface area contributed by atoms with Gasteiger partial charge >= 0.3 is 5.97 Å². The molecule has 17 heavy (non-hydrogen) atoms. The molecule has 92 valence electrons. The minimum Gasteiger partial charge on any atom is -0.456 e. The number of ether oxygens (including phenoxy) is 1. The average Bonchev–Trinajstić information content (AvgIpc) is 2.57. The molecule has 0 N–H and O–H groups in total. The molecule has 0 aromatic heterocycles. The van der Waals surface area contributed by atoms with Gasteiger partial charge in [-0.3, -0.25) is 0 Å². The third-order valence-corrected chi connectivity index (χ3v) is 3.16. The third-order valence-electron chi connectivity index (χ3n) is 3.16. The van der Waals surface area contributed by atoms with Crippen molar-refractivity contribution < 1.29 is 9.53 Å². The van der Waals surface area contributed by atoms with Gasteiger partial charge in [0.25, 0.3) is 0 Å². The Morgan fingerprint density at radius 2 is 2.06 bits per heavy atom. The lowest BCUT2D eigenvalue weighted by Gasteiger charge is -2.19. The van der Waals surface area contributed by atoms with E-state index in [1.165, 1.54) is 17.5 Å². The van der Waals surface area contributed by atoms with Gasteiger partial charge in [0.15, 0.2) is 0 Å². The maximum Gasteiger partial charge on any atom is 0.338 e. The minimum absolute atomic E-state index is 0.223. The van der Waals surface area contributed by atoms with Crippen LogP contribution < -0.4 is 0 Å². The molecule has 1 unspecified atom stereocenters. The Bertz CT molecular complexity index is 441. The van der Waals surface area contributed by atoms with Gasteiger partial charge in [-0.25, -0.2) is 4.79 Å². The molecule has 0 saturated heterocycles. The molecule has 0 fully saturated rings. The van der Waals surface area contributed by atoms with Crippen LogP contribution in [0.25, 0.3) is 0 Å². The SMILES string of the molecule is CC1CCc2ccc(C(=O)OC(C)(C)C)cc21. The number of rotatable bonds is 1. The van der Waals surface area contributed by atoms with Crippen molar-refractivity contribution >= 4 is 5.97 Å². The number of hydrogen-bond donors (Lipinski definition) is 0. The Kier molecular flexibility index (Phi) is 2.98. The fraction of sp³-hybridized carbons (Fsp3) is 0.533. The molecule has 0 saturated carbocycles. The van der Waals surface area contributed by atoms with E-state index < -0.39 is 5.60 Å². The molecule has 0 aliphatic heterocycles. The first-order valence-electron chi connectivity index (χ1n) is 6.23. The number of carbonyl (C=O) groups is 1. The van der Waals surface area contributed by atoms with Crippen molar-refractivity contribution in [3.63, 3.8) is 0 Å². The zero-order valence-electron chi connectivity index (χ0n) is 11.0. The van der Waals surface area contributed by atoms with Crippen LogP contribution in [0.1, 0.15) is 61.5 Å². The maximum atomic E-state index is 11.9. The fourth-order valence-corrected chi connectivity index (χ4v) is 2.27. The molecule has 1 aromatic rings. The summed E-state index contributed by atoms with van der Waals surface area (Å²) in [6.45, 7) is 7.88. The second kappa shape index (κ2) is 4.17. The van der Waals surface area contributed by atoms with E-state index in [1.54, 1.807) is 0 Å². The second-order valence-electron chi connectivity index (χ2n) is 5.86. The van der Waals surface area contributed by atoms with Crippen molar-refractivity contribution in [3.8, 4) is 0 Å². The summed E-state index contributed by atoms with van der Waals surface area (Å²) in [6.07, 6.45) is 2.32. The normalized spacial score (nSPS) is 18.9. The summed E-state index contributed by atoms with van der Waals surface area (Å²) >= 11 is 0. The van der Waals surface area contributed by atoms with Gasteiger partial charge < -0.3 is 4.74 Å². The zero-order valence-corrected chi connectivity index (χ0v) is 11.0. The molecular formula is C15H20O2. The first kappa shape index (κ1) is 12.2. The van der Waals surface area contributed by atoms with Gasteiger partial charge in [-0.15, -0.1) is 0 Å². The molecule has 1 aromatic carbocycles. The number of fused-ring (bicyclic) bond motifs is 1. The molecule has 2 nitrogen and oxygen atoms in total. The van der Waals surface area contributed by atoms with Crippen LogP contribution in [-0.2, 0) is 11.2 Å². The van der Waals surface area contributed by atoms with Gasteiger partial charge in [0, 0.05) is 0 Å². The highest BCUT2D eigenvalue weighted by Crippen LogP contribution is 2.33. The lowest BCUT2D eigenvalue weighted by Crippen LogP contribution is -2.24. The Hall–Kier alpha value is -1.31. The lowest BCUT2D eigenvalue weighted by atomic mass is 10.0. The van der Waals surface area contributed by atoms with E-state index in [9.17, 15) is 4.79 Å². The van der Waals surface area contributed by atoms with E-state index >= 15 is 0 Å². The van der Waals surface area contributed by atoms with E-state index in [0.717, 1.165) is 6.42 Å². The maximum absolute atomic E-state index is 11.9.